The van der Waals surface area contributed by atoms with E-state index in [2.05, 4.69) is 38.2 Å². The van der Waals surface area contributed by atoms with Crippen molar-refractivity contribution < 1.29 is 0 Å². The average Bonchev–Trinajstić information content (AvgIpc) is 2.02. The maximum absolute atomic E-state index is 3.18. The Kier molecular flexibility index (Phi) is 5.22. The Balaban J connectivity index is 3.88. The van der Waals surface area contributed by atoms with Gasteiger partial charge in [-0.1, -0.05) is 26.0 Å². The molecular weight excluding hydrogens is 134 g/mol. The fourth-order valence-corrected chi connectivity index (χ4v) is 1.19. The Morgan fingerprint density at radius 2 is 2.09 bits per heavy atom. The molecule has 0 radical (unpaired) electrons. The summed E-state index contributed by atoms with van der Waals surface area (Å²) in [6.07, 6.45) is 6.91. The molecule has 1 heteroatoms. The van der Waals surface area contributed by atoms with Gasteiger partial charge in [-0.15, -0.1) is 0 Å². The number of hydrogen-bond donors (Lipinski definition) is 1. The van der Waals surface area contributed by atoms with E-state index in [0.717, 1.165) is 6.54 Å². The van der Waals surface area contributed by atoms with Crippen molar-refractivity contribution in [3.05, 3.63) is 12.2 Å². The predicted octanol–water partition coefficient (Wildman–Crippen LogP) is 2.59. The highest BCUT2D eigenvalue weighted by Gasteiger charge is 2.16. The largest absolute Gasteiger partial charge is 0.320 e. The molecule has 0 aliphatic carbocycles. The van der Waals surface area contributed by atoms with Crippen LogP contribution in [-0.4, -0.2) is 13.6 Å². The van der Waals surface area contributed by atoms with Crippen LogP contribution in [0.2, 0.25) is 0 Å². The second-order valence-corrected chi connectivity index (χ2v) is 3.36. The molecule has 0 heterocycles. The van der Waals surface area contributed by atoms with Gasteiger partial charge < -0.3 is 5.32 Å². The smallest absolute Gasteiger partial charge is 0.00437 e. The lowest BCUT2D eigenvalue weighted by atomic mass is 9.84. The van der Waals surface area contributed by atoms with E-state index in [1.54, 1.807) is 0 Å². The summed E-state index contributed by atoms with van der Waals surface area (Å²) in [5.41, 5.74) is 0.401. The Hall–Kier alpha value is -0.300. The molecule has 0 aromatic heterocycles. The van der Waals surface area contributed by atoms with Crippen LogP contribution in [0.1, 0.15) is 33.6 Å². The summed E-state index contributed by atoms with van der Waals surface area (Å²) in [6, 6.07) is 0. The third-order valence-electron chi connectivity index (χ3n) is 2.32. The van der Waals surface area contributed by atoms with Crippen LogP contribution in [0.15, 0.2) is 12.2 Å². The van der Waals surface area contributed by atoms with Crippen LogP contribution in [0, 0.1) is 5.41 Å². The van der Waals surface area contributed by atoms with Crippen LogP contribution in [-0.2, 0) is 0 Å². The molecule has 0 saturated carbocycles. The van der Waals surface area contributed by atoms with Gasteiger partial charge in [0.05, 0.1) is 0 Å². The van der Waals surface area contributed by atoms with Gasteiger partial charge in [0.15, 0.2) is 0 Å². The van der Waals surface area contributed by atoms with Crippen LogP contribution < -0.4 is 5.32 Å². The molecule has 0 amide bonds. The molecule has 1 unspecified atom stereocenters. The first kappa shape index (κ1) is 10.7. The molecule has 0 aliphatic heterocycles. The molecule has 0 spiro atoms. The average molecular weight is 155 g/mol. The first-order valence-corrected chi connectivity index (χ1v) is 4.47. The lowest BCUT2D eigenvalue weighted by molar-refractivity contribution is 0.372. The van der Waals surface area contributed by atoms with E-state index in [9.17, 15) is 0 Å². The maximum atomic E-state index is 3.18. The zero-order chi connectivity index (χ0) is 8.74. The fraction of sp³-hybridized carbons (Fsp3) is 0.800. The molecule has 66 valence electrons. The molecule has 0 rings (SSSR count). The molecule has 1 atom stereocenters. The number of rotatable bonds is 5. The number of allylic oxidation sites excluding steroid dienone is 2. The van der Waals surface area contributed by atoms with Gasteiger partial charge in [0, 0.05) is 0 Å². The molecular formula is C10H21N. The van der Waals surface area contributed by atoms with Crippen LogP contribution in [0.4, 0.5) is 0 Å². The summed E-state index contributed by atoms with van der Waals surface area (Å²) >= 11 is 0. The van der Waals surface area contributed by atoms with Gasteiger partial charge in [0.25, 0.3) is 0 Å². The second kappa shape index (κ2) is 5.36. The van der Waals surface area contributed by atoms with Crippen molar-refractivity contribution in [3.8, 4) is 0 Å². The normalized spacial score (nSPS) is 17.1. The minimum absolute atomic E-state index is 0.401. The van der Waals surface area contributed by atoms with Crippen LogP contribution in [0.3, 0.4) is 0 Å². The van der Waals surface area contributed by atoms with Gasteiger partial charge >= 0.3 is 0 Å². The van der Waals surface area contributed by atoms with E-state index < -0.39 is 0 Å². The predicted molar refractivity (Wildman–Crippen MR) is 51.8 cm³/mol. The quantitative estimate of drug-likeness (QED) is 0.602. The van der Waals surface area contributed by atoms with Crippen molar-refractivity contribution in [2.45, 2.75) is 33.6 Å². The van der Waals surface area contributed by atoms with Crippen LogP contribution >= 0.6 is 0 Å². The minimum Gasteiger partial charge on any atom is -0.320 e. The van der Waals surface area contributed by atoms with Crippen molar-refractivity contribution in [2.24, 2.45) is 5.41 Å². The Morgan fingerprint density at radius 1 is 1.45 bits per heavy atom. The first-order chi connectivity index (χ1) is 5.18. The topological polar surface area (TPSA) is 12.0 Å². The fourth-order valence-electron chi connectivity index (χ4n) is 1.19. The lowest BCUT2D eigenvalue weighted by Gasteiger charge is -2.23. The van der Waals surface area contributed by atoms with Crippen molar-refractivity contribution >= 4 is 0 Å². The number of hydrogen-bond acceptors (Lipinski definition) is 1. The third kappa shape index (κ3) is 4.20. The van der Waals surface area contributed by atoms with Gasteiger partial charge in [-0.3, -0.25) is 0 Å². The molecule has 1 N–H and O–H groups in total. The Bertz CT molecular complexity index is 118. The molecule has 0 fully saturated rings. The molecule has 0 bridgehead atoms. The maximum Gasteiger partial charge on any atom is -0.00437 e. The van der Waals surface area contributed by atoms with E-state index in [1.165, 1.54) is 12.8 Å². The van der Waals surface area contributed by atoms with Crippen LogP contribution in [0.5, 0.6) is 0 Å². The van der Waals surface area contributed by atoms with Gasteiger partial charge in [-0.25, -0.2) is 0 Å². The summed E-state index contributed by atoms with van der Waals surface area (Å²) in [7, 11) is 2.01. The van der Waals surface area contributed by atoms with E-state index >= 15 is 0 Å². The van der Waals surface area contributed by atoms with Gasteiger partial charge in [0.2, 0.25) is 0 Å². The molecule has 0 aromatic rings. The summed E-state index contributed by atoms with van der Waals surface area (Å²) in [4.78, 5) is 0. The summed E-state index contributed by atoms with van der Waals surface area (Å²) < 4.78 is 0. The SMILES string of the molecule is C/C=C\C(C)(CC)CCNC. The van der Waals surface area contributed by atoms with Gasteiger partial charge in [-0.2, -0.15) is 0 Å². The summed E-state index contributed by atoms with van der Waals surface area (Å²) in [6.45, 7) is 7.75. The van der Waals surface area contributed by atoms with Crippen molar-refractivity contribution in [1.29, 1.82) is 0 Å². The minimum atomic E-state index is 0.401. The van der Waals surface area contributed by atoms with Crippen molar-refractivity contribution in [2.75, 3.05) is 13.6 Å². The summed E-state index contributed by atoms with van der Waals surface area (Å²) in [5, 5.41) is 3.18. The third-order valence-corrected chi connectivity index (χ3v) is 2.32. The van der Waals surface area contributed by atoms with Gasteiger partial charge in [0.1, 0.15) is 0 Å². The van der Waals surface area contributed by atoms with Gasteiger partial charge in [-0.05, 0) is 38.8 Å². The lowest BCUT2D eigenvalue weighted by Crippen LogP contribution is -2.19. The van der Waals surface area contributed by atoms with E-state index in [0.29, 0.717) is 5.41 Å². The molecule has 0 aromatic carbocycles. The van der Waals surface area contributed by atoms with Crippen LogP contribution in [0.25, 0.3) is 0 Å². The molecule has 11 heavy (non-hydrogen) atoms. The molecule has 0 saturated heterocycles. The van der Waals surface area contributed by atoms with Crippen molar-refractivity contribution in [1.82, 2.24) is 5.32 Å². The highest BCUT2D eigenvalue weighted by atomic mass is 14.8. The zero-order valence-corrected chi connectivity index (χ0v) is 8.28. The Morgan fingerprint density at radius 3 is 2.45 bits per heavy atom. The standard InChI is InChI=1S/C10H21N/c1-5-7-10(3,6-2)8-9-11-4/h5,7,11H,6,8-9H2,1-4H3/b7-5-. The van der Waals surface area contributed by atoms with E-state index in [-0.39, 0.29) is 0 Å². The van der Waals surface area contributed by atoms with E-state index in [4.69, 9.17) is 0 Å². The first-order valence-electron chi connectivity index (χ1n) is 4.47. The highest BCUT2D eigenvalue weighted by Crippen LogP contribution is 2.26. The highest BCUT2D eigenvalue weighted by molar-refractivity contribution is 4.94. The summed E-state index contributed by atoms with van der Waals surface area (Å²) in [5.74, 6) is 0. The molecule has 1 nitrogen and oxygen atoms in total. The zero-order valence-electron chi connectivity index (χ0n) is 8.28. The second-order valence-electron chi connectivity index (χ2n) is 3.36. The number of nitrogens with one attached hydrogen (secondary N) is 1. The van der Waals surface area contributed by atoms with Crippen molar-refractivity contribution in [3.63, 3.8) is 0 Å². The Labute approximate surface area is 70.9 Å². The van der Waals surface area contributed by atoms with E-state index in [1.807, 2.05) is 7.05 Å². The molecule has 0 aliphatic rings. The monoisotopic (exact) mass is 155 g/mol.